The van der Waals surface area contributed by atoms with Crippen molar-refractivity contribution in [2.75, 3.05) is 4.72 Å². The van der Waals surface area contributed by atoms with Crippen molar-refractivity contribution in [3.05, 3.63) is 47.1 Å². The fourth-order valence-electron chi connectivity index (χ4n) is 2.50. The number of hydrogen-bond acceptors (Lipinski definition) is 3. The molecule has 0 saturated heterocycles. The Kier molecular flexibility index (Phi) is 3.38. The molecular formula is C14H10F3NS2. The predicted octanol–water partition coefficient (Wildman–Crippen LogP) is 5.12. The van der Waals surface area contributed by atoms with Crippen LogP contribution in [-0.4, -0.2) is 10.4 Å². The molecule has 1 N–H and O–H groups in total. The number of allylic oxidation sites excluding steroid dienone is 3. The van der Waals surface area contributed by atoms with Gasteiger partial charge in [0.1, 0.15) is 0 Å². The Bertz CT molecular complexity index is 644. The van der Waals surface area contributed by atoms with Crippen LogP contribution in [0.2, 0.25) is 0 Å². The van der Waals surface area contributed by atoms with Crippen molar-refractivity contribution in [3.63, 3.8) is 0 Å². The summed E-state index contributed by atoms with van der Waals surface area (Å²) in [5, 5.41) is 0. The average Bonchev–Trinajstić information content (AvgIpc) is 2.56. The molecule has 0 atom stereocenters. The van der Waals surface area contributed by atoms with E-state index in [0.29, 0.717) is 18.4 Å². The number of nitrogens with one attached hydrogen (secondary N) is 1. The van der Waals surface area contributed by atoms with Crippen molar-refractivity contribution in [2.45, 2.75) is 19.0 Å². The summed E-state index contributed by atoms with van der Waals surface area (Å²) >= 11 is 6.26. The van der Waals surface area contributed by atoms with Crippen molar-refractivity contribution in [1.29, 1.82) is 0 Å². The van der Waals surface area contributed by atoms with Crippen LogP contribution in [0.3, 0.4) is 0 Å². The van der Waals surface area contributed by atoms with Gasteiger partial charge in [0.05, 0.1) is 15.5 Å². The number of rotatable bonds is 0. The monoisotopic (exact) mass is 313 g/mol. The van der Waals surface area contributed by atoms with Crippen LogP contribution in [-0.2, 0) is 0 Å². The standard InChI is InChI=1S/C14H10F3NS2/c15-14(16,17)10-6-3-5-9-8-4-1-2-7-11(8)18-20-13(19)12(9)10/h1-2,4,6-7,18H,3,5H2. The third kappa shape index (κ3) is 2.27. The molecule has 0 amide bonds. The summed E-state index contributed by atoms with van der Waals surface area (Å²) in [6.07, 6.45) is -2.16. The Balaban J connectivity index is 2.24. The van der Waals surface area contributed by atoms with Gasteiger partial charge >= 0.3 is 6.18 Å². The van der Waals surface area contributed by atoms with E-state index in [0.717, 1.165) is 23.2 Å². The van der Waals surface area contributed by atoms with Crippen molar-refractivity contribution in [2.24, 2.45) is 0 Å². The number of anilines is 1. The molecule has 0 aromatic heterocycles. The Morgan fingerprint density at radius 2 is 1.95 bits per heavy atom. The Morgan fingerprint density at radius 1 is 1.20 bits per heavy atom. The molecule has 1 heterocycles. The van der Waals surface area contributed by atoms with Crippen molar-refractivity contribution < 1.29 is 13.2 Å². The number of alkyl halides is 3. The average molecular weight is 313 g/mol. The second-order valence-electron chi connectivity index (χ2n) is 4.54. The van der Waals surface area contributed by atoms with Crippen LogP contribution in [0.5, 0.6) is 0 Å². The first-order valence-corrected chi connectivity index (χ1v) is 7.28. The molecule has 6 heteroatoms. The molecule has 2 aliphatic rings. The molecule has 0 spiro atoms. The Labute approximate surface area is 124 Å². The minimum absolute atomic E-state index is 0.168. The fourth-order valence-corrected chi connectivity index (χ4v) is 3.57. The lowest BCUT2D eigenvalue weighted by Crippen LogP contribution is -2.19. The van der Waals surface area contributed by atoms with Gasteiger partial charge in [-0.2, -0.15) is 13.2 Å². The lowest BCUT2D eigenvalue weighted by atomic mass is 9.86. The zero-order chi connectivity index (χ0) is 14.3. The minimum atomic E-state index is -4.37. The van der Waals surface area contributed by atoms with Crippen molar-refractivity contribution >= 4 is 39.6 Å². The van der Waals surface area contributed by atoms with Crippen LogP contribution in [0.1, 0.15) is 18.4 Å². The SMILES string of the molecule is FC(F)(F)C1=CCCC2=C1C(=S)SNc1ccccc12. The van der Waals surface area contributed by atoms with E-state index >= 15 is 0 Å². The molecule has 1 aromatic rings. The molecule has 0 fully saturated rings. The van der Waals surface area contributed by atoms with E-state index in [9.17, 15) is 13.2 Å². The summed E-state index contributed by atoms with van der Waals surface area (Å²) in [6, 6.07) is 7.37. The van der Waals surface area contributed by atoms with E-state index in [2.05, 4.69) is 4.72 Å². The summed E-state index contributed by atoms with van der Waals surface area (Å²) in [6.45, 7) is 0. The van der Waals surface area contributed by atoms with Crippen LogP contribution < -0.4 is 4.72 Å². The molecule has 1 aromatic carbocycles. The number of fused-ring (bicyclic) bond motifs is 2. The summed E-state index contributed by atoms with van der Waals surface area (Å²) in [5.41, 5.74) is 1.88. The van der Waals surface area contributed by atoms with Gasteiger partial charge in [0.15, 0.2) is 0 Å². The number of hydrogen-bond donors (Lipinski definition) is 1. The normalized spacial score (nSPS) is 18.8. The molecule has 1 aliphatic carbocycles. The molecule has 1 nitrogen and oxygen atoms in total. The lowest BCUT2D eigenvalue weighted by Gasteiger charge is -2.22. The smallest absolute Gasteiger partial charge is 0.324 e. The fraction of sp³-hybridized carbons (Fsp3) is 0.214. The van der Waals surface area contributed by atoms with Crippen LogP contribution in [0.4, 0.5) is 18.9 Å². The first-order chi connectivity index (χ1) is 9.48. The van der Waals surface area contributed by atoms with E-state index in [1.807, 2.05) is 24.3 Å². The maximum absolute atomic E-state index is 13.2. The van der Waals surface area contributed by atoms with Gasteiger partial charge in [0.2, 0.25) is 0 Å². The second-order valence-corrected chi connectivity index (χ2v) is 6.03. The largest absolute Gasteiger partial charge is 0.416 e. The number of thiocarbonyl (C=S) groups is 1. The van der Waals surface area contributed by atoms with E-state index < -0.39 is 11.7 Å². The van der Waals surface area contributed by atoms with Gasteiger partial charge in [-0.25, -0.2) is 0 Å². The van der Waals surface area contributed by atoms with E-state index in [1.54, 1.807) is 0 Å². The van der Waals surface area contributed by atoms with Gasteiger partial charge < -0.3 is 4.72 Å². The van der Waals surface area contributed by atoms with Gasteiger partial charge in [-0.05, 0) is 36.4 Å². The third-order valence-electron chi connectivity index (χ3n) is 3.33. The minimum Gasteiger partial charge on any atom is -0.324 e. The van der Waals surface area contributed by atoms with Crippen LogP contribution in [0, 0.1) is 0 Å². The van der Waals surface area contributed by atoms with Crippen molar-refractivity contribution in [1.82, 2.24) is 0 Å². The van der Waals surface area contributed by atoms with Gasteiger partial charge in [-0.15, -0.1) is 0 Å². The first kappa shape index (κ1) is 13.7. The Morgan fingerprint density at radius 3 is 2.70 bits per heavy atom. The first-order valence-electron chi connectivity index (χ1n) is 6.06. The number of halogens is 3. The maximum Gasteiger partial charge on any atom is 0.416 e. The molecule has 3 rings (SSSR count). The van der Waals surface area contributed by atoms with E-state index in [1.165, 1.54) is 6.08 Å². The highest BCUT2D eigenvalue weighted by Gasteiger charge is 2.40. The highest BCUT2D eigenvalue weighted by molar-refractivity contribution is 8.24. The topological polar surface area (TPSA) is 12.0 Å². The maximum atomic E-state index is 13.2. The lowest BCUT2D eigenvalue weighted by molar-refractivity contribution is -0.0891. The van der Waals surface area contributed by atoms with Crippen LogP contribution in [0.25, 0.3) is 5.57 Å². The highest BCUT2D eigenvalue weighted by atomic mass is 32.2. The molecule has 0 saturated carbocycles. The highest BCUT2D eigenvalue weighted by Crippen LogP contribution is 2.46. The molecule has 20 heavy (non-hydrogen) atoms. The van der Waals surface area contributed by atoms with Gasteiger partial charge in [-0.1, -0.05) is 36.5 Å². The summed E-state index contributed by atoms with van der Waals surface area (Å²) < 4.78 is 42.9. The number of para-hydroxylation sites is 1. The van der Waals surface area contributed by atoms with Crippen LogP contribution in [0.15, 0.2) is 41.5 Å². The summed E-state index contributed by atoms with van der Waals surface area (Å²) in [5.74, 6) is 0. The van der Waals surface area contributed by atoms with Crippen molar-refractivity contribution in [3.8, 4) is 0 Å². The Hall–Kier alpha value is -1.27. The molecular weight excluding hydrogens is 303 g/mol. The van der Waals surface area contributed by atoms with Crippen LogP contribution >= 0.6 is 24.2 Å². The third-order valence-corrected chi connectivity index (χ3v) is 4.49. The molecule has 0 radical (unpaired) electrons. The zero-order valence-corrected chi connectivity index (χ0v) is 11.9. The molecule has 1 aliphatic heterocycles. The quantitative estimate of drug-likeness (QED) is 0.527. The second kappa shape index (κ2) is 4.93. The zero-order valence-electron chi connectivity index (χ0n) is 10.3. The predicted molar refractivity (Wildman–Crippen MR) is 80.5 cm³/mol. The van der Waals surface area contributed by atoms with Gasteiger partial charge in [0.25, 0.3) is 0 Å². The van der Waals surface area contributed by atoms with E-state index in [4.69, 9.17) is 12.2 Å². The van der Waals surface area contributed by atoms with Gasteiger partial charge in [-0.3, -0.25) is 0 Å². The number of benzene rings is 1. The molecule has 0 bridgehead atoms. The molecule has 0 unspecified atom stereocenters. The molecule has 104 valence electrons. The summed E-state index contributed by atoms with van der Waals surface area (Å²) in [7, 11) is 0. The van der Waals surface area contributed by atoms with Gasteiger partial charge in [0, 0.05) is 11.1 Å². The summed E-state index contributed by atoms with van der Waals surface area (Å²) in [4.78, 5) is 0. The van der Waals surface area contributed by atoms with E-state index in [-0.39, 0.29) is 9.77 Å².